The Balaban J connectivity index is 1.44. The third kappa shape index (κ3) is 6.14. The Morgan fingerprint density at radius 3 is 2.36 bits per heavy atom. The van der Waals surface area contributed by atoms with Gasteiger partial charge in [-0.25, -0.2) is 18.4 Å². The zero-order chi connectivity index (χ0) is 31.7. The minimum atomic E-state index is -4.16. The second kappa shape index (κ2) is 11.7. The van der Waals surface area contributed by atoms with Gasteiger partial charge in [-0.3, -0.25) is 0 Å². The lowest BCUT2D eigenvalue weighted by molar-refractivity contribution is -0.0302. The lowest BCUT2D eigenvalue weighted by Crippen LogP contribution is -2.39. The third-order valence-electron chi connectivity index (χ3n) is 6.90. The second-order valence-electron chi connectivity index (χ2n) is 11.0. The molecular weight excluding hydrogens is 596 g/mol. The lowest BCUT2D eigenvalue weighted by atomic mass is 9.87. The van der Waals surface area contributed by atoms with Gasteiger partial charge < -0.3 is 14.6 Å². The van der Waals surface area contributed by atoms with Crippen molar-refractivity contribution in [2.75, 3.05) is 13.7 Å². The summed E-state index contributed by atoms with van der Waals surface area (Å²) in [7, 11) is -2.79. The molecular formula is C29H29F2N7O5S. The van der Waals surface area contributed by atoms with Crippen LogP contribution < -0.4 is 9.47 Å². The number of rotatable bonds is 10. The Kier molecular flexibility index (Phi) is 8.18. The maximum Gasteiger partial charge on any atom is 0.286 e. The third-order valence-corrected chi connectivity index (χ3v) is 8.47. The molecule has 0 amide bonds. The zero-order valence-electron chi connectivity index (χ0n) is 24.2. The molecule has 1 N–H and O–H groups in total. The van der Waals surface area contributed by atoms with Gasteiger partial charge in [0.25, 0.3) is 10.0 Å². The van der Waals surface area contributed by atoms with Crippen LogP contribution in [0, 0.1) is 11.6 Å². The maximum atomic E-state index is 14.8. The molecule has 15 heteroatoms. The average molecular weight is 626 g/mol. The standard InChI is InChI=1S/C29H29F2N7O5S/c1-28(2,3)20-6-9-22(10-7-20)44(40,41)38-27(34-35-36-38)19-5-12-25(26(13-19)42-4)43-16-29(39,15-37-18-32-17-33-37)23-11-8-21(30)14-24(23)31/h5-14,17-18,39H,15-16H2,1-4H3. The number of aromatic nitrogens is 7. The molecule has 230 valence electrons. The molecule has 12 nitrogen and oxygen atoms in total. The van der Waals surface area contributed by atoms with Crippen LogP contribution in [0.5, 0.6) is 11.5 Å². The van der Waals surface area contributed by atoms with Crippen LogP contribution in [0.25, 0.3) is 11.4 Å². The topological polar surface area (TPSA) is 147 Å². The van der Waals surface area contributed by atoms with E-state index in [4.69, 9.17) is 9.47 Å². The summed E-state index contributed by atoms with van der Waals surface area (Å²) in [6.45, 7) is 5.31. The molecule has 1 atom stereocenters. The molecule has 5 aromatic rings. The minimum Gasteiger partial charge on any atom is -0.493 e. The van der Waals surface area contributed by atoms with Crippen LogP contribution in [0.3, 0.4) is 0 Å². The highest BCUT2D eigenvalue weighted by molar-refractivity contribution is 7.90. The Morgan fingerprint density at radius 2 is 1.73 bits per heavy atom. The molecule has 0 bridgehead atoms. The van der Waals surface area contributed by atoms with E-state index in [0.29, 0.717) is 6.07 Å². The fourth-order valence-electron chi connectivity index (χ4n) is 4.52. The molecule has 0 aliphatic heterocycles. The number of hydrogen-bond acceptors (Lipinski definition) is 10. The van der Waals surface area contributed by atoms with Gasteiger partial charge in [-0.05, 0) is 57.8 Å². The molecule has 5 rings (SSSR count). The minimum absolute atomic E-state index is 0.00524. The van der Waals surface area contributed by atoms with E-state index in [1.54, 1.807) is 12.1 Å². The first kappa shape index (κ1) is 30.7. The smallest absolute Gasteiger partial charge is 0.286 e. The predicted molar refractivity (Wildman–Crippen MR) is 153 cm³/mol. The summed E-state index contributed by atoms with van der Waals surface area (Å²) < 4.78 is 68.7. The highest BCUT2D eigenvalue weighted by atomic mass is 32.2. The molecule has 1 unspecified atom stereocenters. The van der Waals surface area contributed by atoms with Crippen molar-refractivity contribution in [2.45, 2.75) is 43.2 Å². The van der Waals surface area contributed by atoms with Crippen LogP contribution in [0.15, 0.2) is 78.2 Å². The largest absolute Gasteiger partial charge is 0.493 e. The van der Waals surface area contributed by atoms with Gasteiger partial charge >= 0.3 is 0 Å². The molecule has 0 radical (unpaired) electrons. The second-order valence-corrected chi connectivity index (χ2v) is 12.8. The summed E-state index contributed by atoms with van der Waals surface area (Å²) in [4.78, 5) is 3.84. The molecule has 0 saturated heterocycles. The quantitative estimate of drug-likeness (QED) is 0.244. The number of ether oxygens (including phenoxy) is 2. The van der Waals surface area contributed by atoms with E-state index in [1.165, 1.54) is 54.8 Å². The molecule has 0 aliphatic carbocycles. The molecule has 0 saturated carbocycles. The van der Waals surface area contributed by atoms with Crippen molar-refractivity contribution in [3.63, 3.8) is 0 Å². The first-order valence-corrected chi connectivity index (χ1v) is 14.7. The molecule has 2 aromatic heterocycles. The molecule has 3 aromatic carbocycles. The van der Waals surface area contributed by atoms with Gasteiger partial charge in [0.15, 0.2) is 17.3 Å². The average Bonchev–Trinajstić information content (AvgIpc) is 3.68. The Bertz CT molecular complexity index is 1880. The SMILES string of the molecule is COc1cc(-c2nnnn2S(=O)(=O)c2ccc(C(C)(C)C)cc2)ccc1OCC(O)(Cn1cncn1)c1ccc(F)cc1F. The van der Waals surface area contributed by atoms with Crippen molar-refractivity contribution in [1.29, 1.82) is 0 Å². The van der Waals surface area contributed by atoms with Gasteiger partial charge in [0.05, 0.1) is 18.6 Å². The van der Waals surface area contributed by atoms with Crippen molar-refractivity contribution in [2.24, 2.45) is 0 Å². The van der Waals surface area contributed by atoms with Gasteiger partial charge in [-0.15, -0.1) is 9.19 Å². The number of methoxy groups -OCH3 is 1. The number of tetrazole rings is 1. The summed E-state index contributed by atoms with van der Waals surface area (Å²) in [5, 5.41) is 26.7. The molecule has 0 fully saturated rings. The number of hydrogen-bond donors (Lipinski definition) is 1. The van der Waals surface area contributed by atoms with Crippen LogP contribution in [0.4, 0.5) is 8.78 Å². The summed E-state index contributed by atoms with van der Waals surface area (Å²) >= 11 is 0. The summed E-state index contributed by atoms with van der Waals surface area (Å²) in [6, 6.07) is 13.7. The molecule has 44 heavy (non-hydrogen) atoms. The zero-order valence-corrected chi connectivity index (χ0v) is 25.0. The van der Waals surface area contributed by atoms with E-state index in [0.717, 1.165) is 21.8 Å². The van der Waals surface area contributed by atoms with E-state index in [-0.39, 0.29) is 45.3 Å². The van der Waals surface area contributed by atoms with Crippen molar-refractivity contribution in [3.8, 4) is 22.9 Å². The van der Waals surface area contributed by atoms with E-state index in [2.05, 4.69) is 25.6 Å². The van der Waals surface area contributed by atoms with Crippen molar-refractivity contribution in [3.05, 3.63) is 96.1 Å². The van der Waals surface area contributed by atoms with Crippen LogP contribution in [0.2, 0.25) is 0 Å². The van der Waals surface area contributed by atoms with E-state index >= 15 is 0 Å². The van der Waals surface area contributed by atoms with Crippen LogP contribution >= 0.6 is 0 Å². The van der Waals surface area contributed by atoms with Gasteiger partial charge in [0, 0.05) is 17.2 Å². The van der Waals surface area contributed by atoms with Crippen LogP contribution in [-0.4, -0.2) is 61.6 Å². The Morgan fingerprint density at radius 1 is 0.977 bits per heavy atom. The van der Waals surface area contributed by atoms with Gasteiger partial charge in [0.2, 0.25) is 0 Å². The first-order valence-electron chi connectivity index (χ1n) is 13.3. The Labute approximate surface area is 252 Å². The fourth-order valence-corrected chi connectivity index (χ4v) is 5.70. The number of nitrogens with zero attached hydrogens (tertiary/aromatic N) is 7. The summed E-state index contributed by atoms with van der Waals surface area (Å²) in [5.74, 6) is -1.58. The first-order chi connectivity index (χ1) is 20.8. The van der Waals surface area contributed by atoms with Gasteiger partial charge in [-0.2, -0.15) is 13.5 Å². The highest BCUT2D eigenvalue weighted by Gasteiger charge is 2.35. The van der Waals surface area contributed by atoms with Crippen molar-refractivity contribution >= 4 is 10.0 Å². The Hall–Kier alpha value is -4.76. The summed E-state index contributed by atoms with van der Waals surface area (Å²) in [5.41, 5.74) is -1.14. The molecule has 2 heterocycles. The van der Waals surface area contributed by atoms with Crippen molar-refractivity contribution < 1.29 is 31.8 Å². The molecule has 0 aliphatic rings. The maximum absolute atomic E-state index is 14.8. The van der Waals surface area contributed by atoms with E-state index < -0.39 is 33.9 Å². The van der Waals surface area contributed by atoms with Gasteiger partial charge in [-0.1, -0.05) is 39.0 Å². The fraction of sp³-hybridized carbons (Fsp3) is 0.276. The number of benzene rings is 3. The van der Waals surface area contributed by atoms with Crippen LogP contribution in [0.1, 0.15) is 31.9 Å². The highest BCUT2D eigenvalue weighted by Crippen LogP contribution is 2.35. The number of aliphatic hydroxyl groups is 1. The van der Waals surface area contributed by atoms with E-state index in [9.17, 15) is 22.3 Å². The number of halogens is 2. The summed E-state index contributed by atoms with van der Waals surface area (Å²) in [6.07, 6.45) is 2.58. The van der Waals surface area contributed by atoms with Gasteiger partial charge in [0.1, 0.15) is 36.5 Å². The van der Waals surface area contributed by atoms with Crippen LogP contribution in [-0.2, 0) is 27.6 Å². The predicted octanol–water partition coefficient (Wildman–Crippen LogP) is 3.72. The van der Waals surface area contributed by atoms with E-state index in [1.807, 2.05) is 20.8 Å². The monoisotopic (exact) mass is 625 g/mol. The lowest BCUT2D eigenvalue weighted by Gasteiger charge is -2.29. The normalized spacial score (nSPS) is 13.4. The van der Waals surface area contributed by atoms with Crippen molar-refractivity contribution in [1.82, 2.24) is 34.4 Å². The molecule has 0 spiro atoms.